The summed E-state index contributed by atoms with van der Waals surface area (Å²) in [7, 11) is -3.34. The first kappa shape index (κ1) is 17.1. The third kappa shape index (κ3) is 5.49. The second-order valence-electron chi connectivity index (χ2n) is 4.78. The van der Waals surface area contributed by atoms with E-state index in [0.717, 1.165) is 11.8 Å². The van der Waals surface area contributed by atoms with Crippen molar-refractivity contribution in [3.05, 3.63) is 52.8 Å². The first-order chi connectivity index (χ1) is 10.9. The van der Waals surface area contributed by atoms with Gasteiger partial charge in [-0.25, -0.2) is 23.1 Å². The maximum atomic E-state index is 11.3. The zero-order valence-electron chi connectivity index (χ0n) is 12.2. The van der Waals surface area contributed by atoms with Gasteiger partial charge in [0.1, 0.15) is 6.07 Å². The Morgan fingerprint density at radius 3 is 2.39 bits per heavy atom. The first-order valence-electron chi connectivity index (χ1n) is 6.56. The lowest BCUT2D eigenvalue weighted by Crippen LogP contribution is -2.31. The standard InChI is InChI=1S/C14H14ClN5O2S/c1-23(21,22)19-9-13(11-2-4-12(15)5-3-11)20-14-17-7-10(6-16)8-18-14/h2-5,7-8,13,19H,9H2,1H3,(H,17,18,20). The Balaban J connectivity index is 2.21. The zero-order valence-corrected chi connectivity index (χ0v) is 13.8. The average Bonchev–Trinajstić information content (AvgIpc) is 2.52. The fraction of sp³-hybridized carbons (Fsp3) is 0.214. The molecule has 0 fully saturated rings. The van der Waals surface area contributed by atoms with Gasteiger partial charge in [0, 0.05) is 11.6 Å². The Hall–Kier alpha value is -2.21. The fourth-order valence-corrected chi connectivity index (χ4v) is 2.39. The predicted molar refractivity (Wildman–Crippen MR) is 87.4 cm³/mol. The Bertz CT molecular complexity index is 801. The number of benzene rings is 1. The molecule has 23 heavy (non-hydrogen) atoms. The van der Waals surface area contributed by atoms with Crippen molar-refractivity contribution in [2.45, 2.75) is 6.04 Å². The van der Waals surface area contributed by atoms with Crippen LogP contribution in [-0.2, 0) is 10.0 Å². The lowest BCUT2D eigenvalue weighted by molar-refractivity contribution is 0.582. The van der Waals surface area contributed by atoms with Gasteiger partial charge >= 0.3 is 0 Å². The molecule has 2 rings (SSSR count). The van der Waals surface area contributed by atoms with Crippen molar-refractivity contribution in [3.8, 4) is 6.07 Å². The van der Waals surface area contributed by atoms with Crippen molar-refractivity contribution < 1.29 is 8.42 Å². The molecule has 0 saturated heterocycles. The van der Waals surface area contributed by atoms with Crippen LogP contribution in [0, 0.1) is 11.3 Å². The molecule has 0 radical (unpaired) electrons. The number of sulfonamides is 1. The first-order valence-corrected chi connectivity index (χ1v) is 8.83. The molecule has 0 amide bonds. The van der Waals surface area contributed by atoms with Gasteiger partial charge in [-0.1, -0.05) is 23.7 Å². The Labute approximate surface area is 139 Å². The van der Waals surface area contributed by atoms with Gasteiger partial charge in [0.15, 0.2) is 0 Å². The van der Waals surface area contributed by atoms with Crippen LogP contribution in [0.15, 0.2) is 36.7 Å². The molecular formula is C14H14ClN5O2S. The molecule has 0 aliphatic heterocycles. The van der Waals surface area contributed by atoms with Gasteiger partial charge in [0.05, 0.1) is 30.3 Å². The lowest BCUT2D eigenvalue weighted by Gasteiger charge is -2.19. The van der Waals surface area contributed by atoms with E-state index in [9.17, 15) is 8.42 Å². The number of nitriles is 1. The van der Waals surface area contributed by atoms with E-state index in [0.29, 0.717) is 16.5 Å². The summed E-state index contributed by atoms with van der Waals surface area (Å²) in [5, 5.41) is 12.4. The van der Waals surface area contributed by atoms with Crippen molar-refractivity contribution >= 4 is 27.6 Å². The van der Waals surface area contributed by atoms with Crippen LogP contribution in [0.1, 0.15) is 17.2 Å². The number of halogens is 1. The SMILES string of the molecule is CS(=O)(=O)NCC(Nc1ncc(C#N)cn1)c1ccc(Cl)cc1. The van der Waals surface area contributed by atoms with Crippen molar-refractivity contribution in [1.82, 2.24) is 14.7 Å². The number of nitrogens with zero attached hydrogens (tertiary/aromatic N) is 3. The highest BCUT2D eigenvalue weighted by Gasteiger charge is 2.15. The van der Waals surface area contributed by atoms with Gasteiger partial charge in [0.25, 0.3) is 0 Å². The summed E-state index contributed by atoms with van der Waals surface area (Å²) in [6.45, 7) is 0.115. The second-order valence-corrected chi connectivity index (χ2v) is 7.05. The summed E-state index contributed by atoms with van der Waals surface area (Å²) >= 11 is 5.87. The number of hydrogen-bond donors (Lipinski definition) is 2. The summed E-state index contributed by atoms with van der Waals surface area (Å²) in [5.41, 5.74) is 1.16. The van der Waals surface area contributed by atoms with Gasteiger partial charge in [0.2, 0.25) is 16.0 Å². The molecule has 0 bridgehead atoms. The zero-order chi connectivity index (χ0) is 16.9. The minimum Gasteiger partial charge on any atom is -0.346 e. The highest BCUT2D eigenvalue weighted by Crippen LogP contribution is 2.19. The maximum absolute atomic E-state index is 11.3. The molecule has 1 heterocycles. The van der Waals surface area contributed by atoms with Crippen LogP contribution >= 0.6 is 11.6 Å². The van der Waals surface area contributed by atoms with Crippen molar-refractivity contribution in [3.63, 3.8) is 0 Å². The second kappa shape index (κ2) is 7.37. The largest absolute Gasteiger partial charge is 0.346 e. The summed E-state index contributed by atoms with van der Waals surface area (Å²) < 4.78 is 25.1. The van der Waals surface area contributed by atoms with Gasteiger partial charge in [-0.15, -0.1) is 0 Å². The van der Waals surface area contributed by atoms with Crippen LogP contribution in [0.2, 0.25) is 5.02 Å². The molecule has 1 aromatic carbocycles. The molecule has 9 heteroatoms. The molecule has 7 nitrogen and oxygen atoms in total. The van der Waals surface area contributed by atoms with E-state index in [4.69, 9.17) is 16.9 Å². The fourth-order valence-electron chi connectivity index (χ4n) is 1.80. The monoisotopic (exact) mass is 351 g/mol. The minimum absolute atomic E-state index is 0.115. The van der Waals surface area contributed by atoms with Crippen LogP contribution in [0.5, 0.6) is 0 Å². The maximum Gasteiger partial charge on any atom is 0.223 e. The van der Waals surface area contributed by atoms with Crippen LogP contribution < -0.4 is 10.0 Å². The third-order valence-corrected chi connectivity index (χ3v) is 3.85. The molecule has 0 saturated carbocycles. The molecule has 0 aliphatic carbocycles. The average molecular weight is 352 g/mol. The van der Waals surface area contributed by atoms with E-state index < -0.39 is 16.1 Å². The van der Waals surface area contributed by atoms with E-state index in [1.807, 2.05) is 6.07 Å². The van der Waals surface area contributed by atoms with E-state index in [-0.39, 0.29) is 6.54 Å². The normalized spacial score (nSPS) is 12.4. The van der Waals surface area contributed by atoms with Crippen LogP contribution in [0.25, 0.3) is 0 Å². The highest BCUT2D eigenvalue weighted by atomic mass is 35.5. The summed E-state index contributed by atoms with van der Waals surface area (Å²) in [4.78, 5) is 8.06. The Kier molecular flexibility index (Phi) is 5.50. The number of aromatic nitrogens is 2. The molecule has 1 atom stereocenters. The highest BCUT2D eigenvalue weighted by molar-refractivity contribution is 7.88. The van der Waals surface area contributed by atoms with E-state index >= 15 is 0 Å². The van der Waals surface area contributed by atoms with Crippen LogP contribution in [0.4, 0.5) is 5.95 Å². The van der Waals surface area contributed by atoms with Gasteiger partial charge in [-0.2, -0.15) is 5.26 Å². The molecule has 0 spiro atoms. The topological polar surface area (TPSA) is 108 Å². The molecule has 0 aliphatic rings. The van der Waals surface area contributed by atoms with E-state index in [1.54, 1.807) is 24.3 Å². The van der Waals surface area contributed by atoms with Gasteiger partial charge in [-0.3, -0.25) is 0 Å². The van der Waals surface area contributed by atoms with Crippen molar-refractivity contribution in [2.75, 3.05) is 18.1 Å². The summed E-state index contributed by atoms with van der Waals surface area (Å²) in [6.07, 6.45) is 3.86. The van der Waals surface area contributed by atoms with Crippen LogP contribution in [-0.4, -0.2) is 31.2 Å². The number of anilines is 1. The molecule has 2 N–H and O–H groups in total. The molecule has 1 unspecified atom stereocenters. The van der Waals surface area contributed by atoms with Gasteiger partial charge in [-0.05, 0) is 17.7 Å². The summed E-state index contributed by atoms with van der Waals surface area (Å²) in [6, 6.07) is 8.54. The summed E-state index contributed by atoms with van der Waals surface area (Å²) in [5.74, 6) is 0.291. The molecule has 2 aromatic rings. The van der Waals surface area contributed by atoms with E-state index in [1.165, 1.54) is 12.4 Å². The van der Waals surface area contributed by atoms with Gasteiger partial charge < -0.3 is 5.32 Å². The predicted octanol–water partition coefficient (Wildman–Crippen LogP) is 1.70. The van der Waals surface area contributed by atoms with Crippen molar-refractivity contribution in [1.29, 1.82) is 5.26 Å². The smallest absolute Gasteiger partial charge is 0.223 e. The quantitative estimate of drug-likeness (QED) is 0.820. The number of nitrogens with one attached hydrogen (secondary N) is 2. The van der Waals surface area contributed by atoms with Crippen molar-refractivity contribution in [2.24, 2.45) is 0 Å². The Morgan fingerprint density at radius 1 is 1.26 bits per heavy atom. The molecule has 120 valence electrons. The van der Waals surface area contributed by atoms with Crippen LogP contribution in [0.3, 0.4) is 0 Å². The lowest BCUT2D eigenvalue weighted by atomic mass is 10.1. The number of hydrogen-bond acceptors (Lipinski definition) is 6. The Morgan fingerprint density at radius 2 is 1.87 bits per heavy atom. The van der Waals surface area contributed by atoms with E-state index in [2.05, 4.69) is 20.0 Å². The third-order valence-electron chi connectivity index (χ3n) is 2.91. The molecular weight excluding hydrogens is 338 g/mol. The minimum atomic E-state index is -3.34. The number of rotatable bonds is 6. The molecule has 1 aromatic heterocycles.